The molecule has 4 heteroatoms. The molecule has 0 aromatic carbocycles. The van der Waals surface area contributed by atoms with Gasteiger partial charge in [0.1, 0.15) is 11.0 Å². The average molecular weight is 220 g/mol. The van der Waals surface area contributed by atoms with E-state index < -0.39 is 0 Å². The molecular weight excluding hydrogens is 210 g/mol. The predicted octanol–water partition coefficient (Wildman–Crippen LogP) is 2.43. The summed E-state index contributed by atoms with van der Waals surface area (Å²) in [6, 6.07) is 5.26. The van der Waals surface area contributed by atoms with Crippen LogP contribution in [0.3, 0.4) is 0 Å². The van der Waals surface area contributed by atoms with Gasteiger partial charge in [0, 0.05) is 12.5 Å². The summed E-state index contributed by atoms with van der Waals surface area (Å²) in [5.74, 6) is 3.11. The van der Waals surface area contributed by atoms with E-state index in [-0.39, 0.29) is 6.04 Å². The van der Waals surface area contributed by atoms with Crippen LogP contribution in [-0.4, -0.2) is 11.0 Å². The van der Waals surface area contributed by atoms with E-state index in [2.05, 4.69) is 16.2 Å². The summed E-state index contributed by atoms with van der Waals surface area (Å²) in [5.41, 5.74) is 0.477. The minimum Gasteiger partial charge on any atom is -0.367 e. The number of hydrogen-bond donors (Lipinski definition) is 1. The van der Waals surface area contributed by atoms with Gasteiger partial charge in [0.25, 0.3) is 0 Å². The first-order valence-electron chi connectivity index (χ1n) is 4.43. The molecule has 1 aromatic rings. The van der Waals surface area contributed by atoms with Crippen LogP contribution < -0.4 is 5.32 Å². The van der Waals surface area contributed by atoms with Gasteiger partial charge in [-0.15, -0.1) is 12.3 Å². The summed E-state index contributed by atoms with van der Waals surface area (Å²) in [6.45, 7) is 1.94. The van der Waals surface area contributed by atoms with Crippen molar-refractivity contribution in [2.24, 2.45) is 0 Å². The molecule has 0 radical (unpaired) electrons. The quantitative estimate of drug-likeness (QED) is 0.628. The van der Waals surface area contributed by atoms with Gasteiger partial charge in [-0.05, 0) is 19.1 Å². The minimum absolute atomic E-state index is 0.104. The number of aromatic nitrogens is 1. The average Bonchev–Trinajstić information content (AvgIpc) is 2.17. The smallest absolute Gasteiger partial charge is 0.132 e. The molecule has 0 aliphatic carbocycles. The van der Waals surface area contributed by atoms with Crippen molar-refractivity contribution in [3.8, 4) is 18.4 Å². The van der Waals surface area contributed by atoms with Crippen molar-refractivity contribution in [1.29, 1.82) is 5.26 Å². The van der Waals surface area contributed by atoms with E-state index >= 15 is 0 Å². The molecule has 0 saturated heterocycles. The van der Waals surface area contributed by atoms with Crippen molar-refractivity contribution in [3.05, 3.63) is 22.8 Å². The second kappa shape index (κ2) is 5.24. The van der Waals surface area contributed by atoms with Crippen LogP contribution in [-0.2, 0) is 0 Å². The van der Waals surface area contributed by atoms with E-state index in [1.807, 2.05) is 13.0 Å². The Hall–Kier alpha value is -1.71. The molecule has 1 N–H and O–H groups in total. The van der Waals surface area contributed by atoms with Crippen molar-refractivity contribution in [3.63, 3.8) is 0 Å². The fraction of sp³-hybridized carbons (Fsp3) is 0.273. The van der Waals surface area contributed by atoms with Gasteiger partial charge in [-0.3, -0.25) is 0 Å². The Kier molecular flexibility index (Phi) is 3.97. The number of rotatable bonds is 3. The zero-order valence-corrected chi connectivity index (χ0v) is 9.04. The molecule has 1 unspecified atom stereocenters. The highest BCUT2D eigenvalue weighted by atomic mass is 35.5. The molecule has 15 heavy (non-hydrogen) atoms. The van der Waals surface area contributed by atoms with Crippen molar-refractivity contribution in [1.82, 2.24) is 4.98 Å². The summed E-state index contributed by atoms with van der Waals surface area (Å²) in [5, 5.41) is 12.1. The normalized spacial score (nSPS) is 11.2. The van der Waals surface area contributed by atoms with Gasteiger partial charge in [-0.2, -0.15) is 5.26 Å². The third kappa shape index (κ3) is 3.50. The molecule has 1 rings (SSSR count). The Balaban J connectivity index is 2.83. The number of hydrogen-bond acceptors (Lipinski definition) is 3. The van der Waals surface area contributed by atoms with Gasteiger partial charge in [0.05, 0.1) is 11.6 Å². The molecular formula is C11H10ClN3. The van der Waals surface area contributed by atoms with Gasteiger partial charge in [-0.25, -0.2) is 4.98 Å². The Morgan fingerprint density at radius 3 is 3.00 bits per heavy atom. The largest absolute Gasteiger partial charge is 0.367 e. The lowest BCUT2D eigenvalue weighted by Crippen LogP contribution is -2.15. The van der Waals surface area contributed by atoms with Crippen LogP contribution in [0.15, 0.2) is 12.1 Å². The predicted molar refractivity (Wildman–Crippen MR) is 60.5 cm³/mol. The van der Waals surface area contributed by atoms with Crippen molar-refractivity contribution < 1.29 is 0 Å². The standard InChI is InChI=1S/C11H10ClN3/c1-3-4-8(2)14-11-6-9(7-13)5-10(12)15-11/h1,5-6,8H,4H2,2H3,(H,14,15). The first-order valence-corrected chi connectivity index (χ1v) is 4.81. The minimum atomic E-state index is 0.104. The lowest BCUT2D eigenvalue weighted by Gasteiger charge is -2.11. The molecule has 0 saturated carbocycles. The Morgan fingerprint density at radius 2 is 2.40 bits per heavy atom. The fourth-order valence-electron chi connectivity index (χ4n) is 1.12. The highest BCUT2D eigenvalue weighted by Crippen LogP contribution is 2.14. The van der Waals surface area contributed by atoms with E-state index in [1.165, 1.54) is 6.07 Å². The maximum atomic E-state index is 8.73. The molecule has 0 bridgehead atoms. The van der Waals surface area contributed by atoms with Crippen molar-refractivity contribution in [2.75, 3.05) is 5.32 Å². The summed E-state index contributed by atoms with van der Waals surface area (Å²) in [4.78, 5) is 4.04. The molecule has 3 nitrogen and oxygen atoms in total. The number of nitrogens with one attached hydrogen (secondary N) is 1. The van der Waals surface area contributed by atoms with Gasteiger partial charge < -0.3 is 5.32 Å². The monoisotopic (exact) mass is 219 g/mol. The van der Waals surface area contributed by atoms with Crippen LogP contribution in [0.5, 0.6) is 0 Å². The molecule has 1 heterocycles. The Morgan fingerprint density at radius 1 is 1.67 bits per heavy atom. The van der Waals surface area contributed by atoms with Crippen LogP contribution in [0.1, 0.15) is 18.9 Å². The zero-order chi connectivity index (χ0) is 11.3. The van der Waals surface area contributed by atoms with E-state index in [0.29, 0.717) is 23.0 Å². The number of anilines is 1. The highest BCUT2D eigenvalue weighted by molar-refractivity contribution is 6.29. The van der Waals surface area contributed by atoms with Crippen LogP contribution in [0.2, 0.25) is 5.15 Å². The second-order valence-electron chi connectivity index (χ2n) is 3.13. The number of nitriles is 1. The number of halogens is 1. The summed E-state index contributed by atoms with van der Waals surface area (Å²) >= 11 is 5.75. The highest BCUT2D eigenvalue weighted by Gasteiger charge is 2.04. The number of nitrogens with zero attached hydrogens (tertiary/aromatic N) is 2. The molecule has 1 atom stereocenters. The first kappa shape index (κ1) is 11.4. The van der Waals surface area contributed by atoms with Crippen LogP contribution in [0.25, 0.3) is 0 Å². The number of terminal acetylenes is 1. The second-order valence-corrected chi connectivity index (χ2v) is 3.52. The lowest BCUT2D eigenvalue weighted by molar-refractivity contribution is 0.822. The van der Waals surface area contributed by atoms with Crippen LogP contribution in [0, 0.1) is 23.7 Å². The van der Waals surface area contributed by atoms with Crippen molar-refractivity contribution >= 4 is 17.4 Å². The molecule has 76 valence electrons. The van der Waals surface area contributed by atoms with Gasteiger partial charge in [0.15, 0.2) is 0 Å². The van der Waals surface area contributed by atoms with Crippen LogP contribution >= 0.6 is 11.6 Å². The summed E-state index contributed by atoms with van der Waals surface area (Å²) in [7, 11) is 0. The molecule has 0 aliphatic rings. The Labute approximate surface area is 94.1 Å². The molecule has 1 aromatic heterocycles. The summed E-state index contributed by atoms with van der Waals surface area (Å²) < 4.78 is 0. The molecule has 0 aliphatic heterocycles. The van der Waals surface area contributed by atoms with Gasteiger partial charge in [-0.1, -0.05) is 11.6 Å². The van der Waals surface area contributed by atoms with Crippen molar-refractivity contribution in [2.45, 2.75) is 19.4 Å². The maximum Gasteiger partial charge on any atom is 0.132 e. The van der Waals surface area contributed by atoms with E-state index in [4.69, 9.17) is 23.3 Å². The van der Waals surface area contributed by atoms with E-state index in [9.17, 15) is 0 Å². The van der Waals surface area contributed by atoms with Gasteiger partial charge >= 0.3 is 0 Å². The molecule has 0 amide bonds. The van der Waals surface area contributed by atoms with Crippen LogP contribution in [0.4, 0.5) is 5.82 Å². The third-order valence-corrected chi connectivity index (χ3v) is 1.94. The van der Waals surface area contributed by atoms with Gasteiger partial charge in [0.2, 0.25) is 0 Å². The summed E-state index contributed by atoms with van der Waals surface area (Å²) in [6.07, 6.45) is 5.77. The SMILES string of the molecule is C#CCC(C)Nc1cc(C#N)cc(Cl)n1. The van der Waals surface area contributed by atoms with E-state index in [0.717, 1.165) is 0 Å². The van der Waals surface area contributed by atoms with E-state index in [1.54, 1.807) is 6.07 Å². The third-order valence-electron chi connectivity index (χ3n) is 1.74. The zero-order valence-electron chi connectivity index (χ0n) is 8.29. The topological polar surface area (TPSA) is 48.7 Å². The first-order chi connectivity index (χ1) is 7.15. The number of pyridine rings is 1. The maximum absolute atomic E-state index is 8.73. The molecule has 0 spiro atoms. The fourth-order valence-corrected chi connectivity index (χ4v) is 1.32. The molecule has 0 fully saturated rings. The Bertz CT molecular complexity index is 428. The lowest BCUT2D eigenvalue weighted by atomic mass is 10.2.